The highest BCUT2D eigenvalue weighted by Gasteiger charge is 2.29. The van der Waals surface area contributed by atoms with E-state index in [0.29, 0.717) is 0 Å². The van der Waals surface area contributed by atoms with E-state index in [2.05, 4.69) is 0 Å². The number of rotatable bonds is 7. The number of ether oxygens (including phenoxy) is 4. The lowest BCUT2D eigenvalue weighted by Crippen LogP contribution is -2.09. The number of hydrogen-bond acceptors (Lipinski definition) is 6. The molecule has 0 aliphatic rings. The van der Waals surface area contributed by atoms with Crippen LogP contribution < -0.4 is 18.9 Å². The summed E-state index contributed by atoms with van der Waals surface area (Å²) in [5.41, 5.74) is -0.298. The van der Waals surface area contributed by atoms with Gasteiger partial charge in [-0.25, -0.2) is 9.59 Å². The van der Waals surface area contributed by atoms with Crippen LogP contribution in [0.3, 0.4) is 0 Å². The fourth-order valence-electron chi connectivity index (χ4n) is 2.71. The monoisotopic (exact) mass is 362 g/mol. The molecule has 2 aromatic carbocycles. The van der Waals surface area contributed by atoms with Gasteiger partial charge < -0.3 is 29.2 Å². The maximum absolute atomic E-state index is 11.8. The van der Waals surface area contributed by atoms with Gasteiger partial charge in [-0.1, -0.05) is 0 Å². The van der Waals surface area contributed by atoms with Crippen molar-refractivity contribution in [1.82, 2.24) is 0 Å². The number of carboxylic acids is 2. The molecule has 0 amide bonds. The summed E-state index contributed by atoms with van der Waals surface area (Å²) in [5, 5.41) is 19.2. The Hall–Kier alpha value is -3.42. The Balaban J connectivity index is 3.08. The molecule has 0 heterocycles. The summed E-state index contributed by atoms with van der Waals surface area (Å²) < 4.78 is 21.1. The zero-order valence-corrected chi connectivity index (χ0v) is 14.7. The van der Waals surface area contributed by atoms with Crippen LogP contribution in [-0.2, 0) is 0 Å². The fraction of sp³-hybridized carbons (Fsp3) is 0.222. The Morgan fingerprint density at radius 2 is 1.00 bits per heavy atom. The minimum Gasteiger partial charge on any atom is -0.493 e. The van der Waals surface area contributed by atoms with Gasteiger partial charge in [0.15, 0.2) is 23.0 Å². The van der Waals surface area contributed by atoms with E-state index in [-0.39, 0.29) is 45.3 Å². The second kappa shape index (κ2) is 7.64. The van der Waals surface area contributed by atoms with E-state index in [0.717, 1.165) is 0 Å². The highest BCUT2D eigenvalue weighted by Crippen LogP contribution is 2.48. The van der Waals surface area contributed by atoms with Crippen molar-refractivity contribution >= 4 is 11.9 Å². The highest BCUT2D eigenvalue weighted by molar-refractivity contribution is 6.06. The maximum atomic E-state index is 11.8. The molecule has 0 aliphatic carbocycles. The number of hydrogen-bond donors (Lipinski definition) is 2. The van der Waals surface area contributed by atoms with Crippen LogP contribution in [0, 0.1) is 0 Å². The minimum absolute atomic E-state index is 0.0208. The van der Waals surface area contributed by atoms with E-state index < -0.39 is 11.9 Å². The number of carbonyl (C=O) groups is 2. The van der Waals surface area contributed by atoms with Gasteiger partial charge in [0.2, 0.25) is 0 Å². The summed E-state index contributed by atoms with van der Waals surface area (Å²) in [5.74, 6) is -1.89. The number of aromatic carboxylic acids is 2. The third kappa shape index (κ3) is 3.08. The maximum Gasteiger partial charge on any atom is 0.336 e. The van der Waals surface area contributed by atoms with Gasteiger partial charge >= 0.3 is 11.9 Å². The van der Waals surface area contributed by atoms with Crippen LogP contribution in [0.1, 0.15) is 20.7 Å². The zero-order valence-electron chi connectivity index (χ0n) is 14.7. The first-order valence-corrected chi connectivity index (χ1v) is 7.38. The number of carboxylic acid groups (broad SMARTS) is 2. The van der Waals surface area contributed by atoms with Crippen molar-refractivity contribution in [1.29, 1.82) is 0 Å². The Bertz CT molecular complexity index is 785. The highest BCUT2D eigenvalue weighted by atomic mass is 16.5. The molecule has 0 fully saturated rings. The van der Waals surface area contributed by atoms with Crippen LogP contribution in [0.15, 0.2) is 24.3 Å². The smallest absolute Gasteiger partial charge is 0.336 e. The Kier molecular flexibility index (Phi) is 5.56. The molecule has 8 nitrogen and oxygen atoms in total. The third-order valence-corrected chi connectivity index (χ3v) is 3.80. The molecule has 0 aromatic heterocycles. The first-order valence-electron chi connectivity index (χ1n) is 7.38. The van der Waals surface area contributed by atoms with E-state index in [4.69, 9.17) is 18.9 Å². The van der Waals surface area contributed by atoms with Crippen molar-refractivity contribution in [2.75, 3.05) is 28.4 Å². The summed E-state index contributed by atoms with van der Waals surface area (Å²) >= 11 is 0. The molecule has 138 valence electrons. The van der Waals surface area contributed by atoms with E-state index in [1.807, 2.05) is 0 Å². The lowest BCUT2D eigenvalue weighted by molar-refractivity contribution is 0.0684. The van der Waals surface area contributed by atoms with Crippen LogP contribution in [0.4, 0.5) is 0 Å². The second-order valence-electron chi connectivity index (χ2n) is 5.06. The normalized spacial score (nSPS) is 10.2. The van der Waals surface area contributed by atoms with Gasteiger partial charge in [-0.2, -0.15) is 0 Å². The minimum atomic E-state index is -1.26. The summed E-state index contributed by atoms with van der Waals surface area (Å²) in [7, 11) is 5.45. The Morgan fingerprint density at radius 3 is 1.23 bits per heavy atom. The molecule has 26 heavy (non-hydrogen) atoms. The quantitative estimate of drug-likeness (QED) is 0.773. The molecule has 8 heteroatoms. The van der Waals surface area contributed by atoms with E-state index in [1.165, 1.54) is 52.7 Å². The van der Waals surface area contributed by atoms with Crippen molar-refractivity contribution in [3.05, 3.63) is 35.4 Å². The molecule has 0 saturated heterocycles. The number of methoxy groups -OCH3 is 4. The van der Waals surface area contributed by atoms with Crippen molar-refractivity contribution < 1.29 is 38.7 Å². The Morgan fingerprint density at radius 1 is 0.654 bits per heavy atom. The Labute approximate surface area is 149 Å². The second-order valence-corrected chi connectivity index (χ2v) is 5.06. The number of benzene rings is 2. The van der Waals surface area contributed by atoms with Crippen molar-refractivity contribution in [3.63, 3.8) is 0 Å². The van der Waals surface area contributed by atoms with Gasteiger partial charge in [-0.05, 0) is 24.3 Å². The van der Waals surface area contributed by atoms with E-state index in [1.54, 1.807) is 0 Å². The molecule has 0 saturated carbocycles. The van der Waals surface area contributed by atoms with Crippen LogP contribution in [0.5, 0.6) is 23.0 Å². The van der Waals surface area contributed by atoms with E-state index in [9.17, 15) is 19.8 Å². The SMILES string of the molecule is COc1ccc(C(=O)O)c(-c2c(C(=O)O)ccc(OC)c2OC)c1OC. The molecule has 2 N–H and O–H groups in total. The van der Waals surface area contributed by atoms with Gasteiger partial charge in [0.05, 0.1) is 39.6 Å². The van der Waals surface area contributed by atoms with Gasteiger partial charge in [0, 0.05) is 11.1 Å². The lowest BCUT2D eigenvalue weighted by Gasteiger charge is -2.20. The summed E-state index contributed by atoms with van der Waals surface area (Å²) in [6.07, 6.45) is 0. The van der Waals surface area contributed by atoms with Gasteiger partial charge in [0.25, 0.3) is 0 Å². The topological polar surface area (TPSA) is 112 Å². The average Bonchev–Trinajstić information content (AvgIpc) is 2.64. The molecule has 0 unspecified atom stereocenters. The van der Waals surface area contributed by atoms with Crippen molar-refractivity contribution in [3.8, 4) is 34.1 Å². The first-order chi connectivity index (χ1) is 12.4. The summed E-state index contributed by atoms with van der Waals surface area (Å²) in [6, 6.07) is 5.48. The average molecular weight is 362 g/mol. The largest absolute Gasteiger partial charge is 0.493 e. The third-order valence-electron chi connectivity index (χ3n) is 3.80. The molecule has 0 radical (unpaired) electrons. The molecule has 0 aliphatic heterocycles. The first kappa shape index (κ1) is 18.9. The van der Waals surface area contributed by atoms with Gasteiger partial charge in [0.1, 0.15) is 0 Å². The summed E-state index contributed by atoms with van der Waals surface area (Å²) in [4.78, 5) is 23.6. The molecule has 2 aromatic rings. The standard InChI is InChI=1S/C18H18O8/c1-23-11-7-5-9(17(19)20)13(15(11)25-3)14-10(18(21)22)6-8-12(24-2)16(14)26-4/h5-8H,1-4H3,(H,19,20)(H,21,22). The van der Waals surface area contributed by atoms with Crippen LogP contribution >= 0.6 is 0 Å². The molecule has 0 atom stereocenters. The molecule has 0 spiro atoms. The predicted molar refractivity (Wildman–Crippen MR) is 92.0 cm³/mol. The summed E-state index contributed by atoms with van der Waals surface area (Å²) in [6.45, 7) is 0. The molecule has 2 rings (SSSR count). The molecular weight excluding hydrogens is 344 g/mol. The van der Waals surface area contributed by atoms with Gasteiger partial charge in [-0.15, -0.1) is 0 Å². The zero-order chi connectivity index (χ0) is 19.4. The molecule has 0 bridgehead atoms. The predicted octanol–water partition coefficient (Wildman–Crippen LogP) is 2.78. The van der Waals surface area contributed by atoms with Crippen LogP contribution in [0.25, 0.3) is 11.1 Å². The van der Waals surface area contributed by atoms with Crippen LogP contribution in [0.2, 0.25) is 0 Å². The fourth-order valence-corrected chi connectivity index (χ4v) is 2.71. The van der Waals surface area contributed by atoms with E-state index >= 15 is 0 Å². The van der Waals surface area contributed by atoms with Crippen LogP contribution in [-0.4, -0.2) is 50.6 Å². The van der Waals surface area contributed by atoms with Gasteiger partial charge in [-0.3, -0.25) is 0 Å². The molecular formula is C18H18O8. The lowest BCUT2D eigenvalue weighted by atomic mass is 9.92. The van der Waals surface area contributed by atoms with Crippen molar-refractivity contribution in [2.24, 2.45) is 0 Å². The van der Waals surface area contributed by atoms with Crippen molar-refractivity contribution in [2.45, 2.75) is 0 Å².